The van der Waals surface area contributed by atoms with Crippen LogP contribution in [0.5, 0.6) is 0 Å². The van der Waals surface area contributed by atoms with Crippen LogP contribution in [0.1, 0.15) is 11.6 Å². The highest BCUT2D eigenvalue weighted by atomic mass is 79.9. The predicted octanol–water partition coefficient (Wildman–Crippen LogP) is 5.52. The van der Waals surface area contributed by atoms with E-state index in [2.05, 4.69) is 21.2 Å². The van der Waals surface area contributed by atoms with Gasteiger partial charge in [-0.05, 0) is 45.8 Å². The summed E-state index contributed by atoms with van der Waals surface area (Å²) >= 11 is 21.7. The summed E-state index contributed by atoms with van der Waals surface area (Å²) in [5.74, 6) is 0. The van der Waals surface area contributed by atoms with Crippen LogP contribution in [0, 0.1) is 0 Å². The Balaban J connectivity index is 2.28. The van der Waals surface area contributed by atoms with Gasteiger partial charge in [0.15, 0.2) is 0 Å². The number of halogens is 4. The maximum atomic E-state index is 6.23. The highest BCUT2D eigenvalue weighted by molar-refractivity contribution is 9.10. The first-order valence-corrected chi connectivity index (χ1v) is 7.81. The monoisotopic (exact) mass is 392 g/mol. The Kier molecular flexibility index (Phi) is 5.58. The van der Waals surface area contributed by atoms with Crippen LogP contribution in [0.25, 0.3) is 0 Å². The van der Waals surface area contributed by atoms with Crippen molar-refractivity contribution in [2.24, 2.45) is 5.73 Å². The van der Waals surface area contributed by atoms with Gasteiger partial charge in [0.1, 0.15) is 0 Å². The molecule has 20 heavy (non-hydrogen) atoms. The van der Waals surface area contributed by atoms with Gasteiger partial charge < -0.3 is 11.1 Å². The molecule has 0 bridgehead atoms. The van der Waals surface area contributed by atoms with Crippen LogP contribution in [0.3, 0.4) is 0 Å². The lowest BCUT2D eigenvalue weighted by Crippen LogP contribution is -2.21. The molecule has 0 saturated carbocycles. The van der Waals surface area contributed by atoms with Gasteiger partial charge in [0.2, 0.25) is 0 Å². The van der Waals surface area contributed by atoms with E-state index in [4.69, 9.17) is 40.5 Å². The molecule has 106 valence electrons. The number of rotatable bonds is 4. The Hall–Kier alpha value is -0.450. The van der Waals surface area contributed by atoms with Gasteiger partial charge >= 0.3 is 0 Å². The second-order valence-corrected chi connectivity index (χ2v) is 6.25. The molecule has 1 unspecified atom stereocenters. The summed E-state index contributed by atoms with van der Waals surface area (Å²) in [4.78, 5) is 0. The van der Waals surface area contributed by atoms with E-state index in [9.17, 15) is 0 Å². The molecule has 0 spiro atoms. The van der Waals surface area contributed by atoms with Crippen LogP contribution in [0.2, 0.25) is 15.1 Å². The van der Waals surface area contributed by atoms with Crippen molar-refractivity contribution < 1.29 is 0 Å². The van der Waals surface area contributed by atoms with E-state index >= 15 is 0 Å². The van der Waals surface area contributed by atoms with E-state index in [1.165, 1.54) is 0 Å². The van der Waals surface area contributed by atoms with Crippen LogP contribution in [-0.4, -0.2) is 6.54 Å². The molecule has 0 aliphatic heterocycles. The zero-order valence-electron chi connectivity index (χ0n) is 10.3. The first kappa shape index (κ1) is 15.9. The smallest absolute Gasteiger partial charge is 0.0651 e. The van der Waals surface area contributed by atoms with Crippen LogP contribution in [-0.2, 0) is 0 Å². The molecule has 0 aliphatic carbocycles. The number of nitrogens with two attached hydrogens (primary N) is 1. The third-order valence-electron chi connectivity index (χ3n) is 2.85. The average molecular weight is 395 g/mol. The predicted molar refractivity (Wildman–Crippen MR) is 91.0 cm³/mol. The molecular formula is C14H12BrCl3N2. The molecule has 0 fully saturated rings. The first-order valence-electron chi connectivity index (χ1n) is 5.88. The van der Waals surface area contributed by atoms with E-state index < -0.39 is 0 Å². The zero-order valence-corrected chi connectivity index (χ0v) is 14.2. The molecule has 0 saturated heterocycles. The molecule has 2 aromatic carbocycles. The van der Waals surface area contributed by atoms with E-state index in [-0.39, 0.29) is 6.04 Å². The van der Waals surface area contributed by atoms with Crippen molar-refractivity contribution in [2.45, 2.75) is 6.04 Å². The summed E-state index contributed by atoms with van der Waals surface area (Å²) in [6.45, 7) is 0.383. The van der Waals surface area contributed by atoms with Crippen LogP contribution < -0.4 is 11.1 Å². The summed E-state index contributed by atoms with van der Waals surface area (Å²) in [6, 6.07) is 11.0. The molecule has 2 rings (SSSR count). The van der Waals surface area contributed by atoms with Gasteiger partial charge in [-0.25, -0.2) is 0 Å². The fourth-order valence-corrected chi connectivity index (χ4v) is 2.71. The van der Waals surface area contributed by atoms with Crippen molar-refractivity contribution in [3.63, 3.8) is 0 Å². The third-order valence-corrected chi connectivity index (χ3v) is 4.92. The summed E-state index contributed by atoms with van der Waals surface area (Å²) in [7, 11) is 0. The van der Waals surface area contributed by atoms with Crippen molar-refractivity contribution in [1.29, 1.82) is 0 Å². The van der Waals surface area contributed by atoms with Crippen LogP contribution in [0.15, 0.2) is 40.9 Å². The standard InChI is InChI=1S/C14H12BrCl3N2/c15-10-5-4-8(6-12(10)17)20-13(7-19)9-2-1-3-11(16)14(9)18/h1-6,13,20H,7,19H2. The molecule has 1 atom stereocenters. The molecular weight excluding hydrogens is 382 g/mol. The maximum absolute atomic E-state index is 6.23. The van der Waals surface area contributed by atoms with Crippen molar-refractivity contribution in [3.05, 3.63) is 61.5 Å². The number of nitrogens with one attached hydrogen (secondary N) is 1. The highest BCUT2D eigenvalue weighted by Gasteiger charge is 2.15. The normalized spacial score (nSPS) is 12.2. The van der Waals surface area contributed by atoms with Gasteiger partial charge in [0, 0.05) is 16.7 Å². The number of hydrogen-bond donors (Lipinski definition) is 2. The lowest BCUT2D eigenvalue weighted by molar-refractivity contribution is 0.790. The SMILES string of the molecule is NCC(Nc1ccc(Br)c(Cl)c1)c1cccc(Cl)c1Cl. The molecule has 0 radical (unpaired) electrons. The summed E-state index contributed by atoms with van der Waals surface area (Å²) in [5.41, 5.74) is 7.56. The van der Waals surface area contributed by atoms with Gasteiger partial charge in [-0.3, -0.25) is 0 Å². The van der Waals surface area contributed by atoms with Crippen molar-refractivity contribution in [3.8, 4) is 0 Å². The fourth-order valence-electron chi connectivity index (χ4n) is 1.84. The summed E-state index contributed by atoms with van der Waals surface area (Å²) in [5, 5.41) is 4.96. The molecule has 0 heterocycles. The minimum absolute atomic E-state index is 0.140. The largest absolute Gasteiger partial charge is 0.377 e. The quantitative estimate of drug-likeness (QED) is 0.716. The van der Waals surface area contributed by atoms with Crippen LogP contribution >= 0.6 is 50.7 Å². The summed E-state index contributed by atoms with van der Waals surface area (Å²) in [6.07, 6.45) is 0. The third kappa shape index (κ3) is 3.60. The zero-order chi connectivity index (χ0) is 14.7. The highest BCUT2D eigenvalue weighted by Crippen LogP contribution is 2.32. The molecule has 0 amide bonds. The lowest BCUT2D eigenvalue weighted by atomic mass is 10.1. The molecule has 0 aromatic heterocycles. The first-order chi connectivity index (χ1) is 9.52. The minimum Gasteiger partial charge on any atom is -0.377 e. The minimum atomic E-state index is -0.140. The van der Waals surface area contributed by atoms with Gasteiger partial charge in [-0.1, -0.05) is 46.9 Å². The average Bonchev–Trinajstić information content (AvgIpc) is 2.43. The Morgan fingerprint density at radius 2 is 1.85 bits per heavy atom. The number of benzene rings is 2. The van der Waals surface area contributed by atoms with E-state index in [1.807, 2.05) is 30.3 Å². The lowest BCUT2D eigenvalue weighted by Gasteiger charge is -2.20. The summed E-state index contributed by atoms with van der Waals surface area (Å²) < 4.78 is 0.842. The topological polar surface area (TPSA) is 38.0 Å². The van der Waals surface area contributed by atoms with Gasteiger partial charge in [0.05, 0.1) is 21.1 Å². The maximum Gasteiger partial charge on any atom is 0.0651 e. The molecule has 2 aromatic rings. The van der Waals surface area contributed by atoms with Crippen molar-refractivity contribution in [2.75, 3.05) is 11.9 Å². The van der Waals surface area contributed by atoms with Crippen molar-refractivity contribution in [1.82, 2.24) is 0 Å². The molecule has 6 heteroatoms. The van der Waals surface area contributed by atoms with Gasteiger partial charge in [0.25, 0.3) is 0 Å². The Morgan fingerprint density at radius 1 is 1.10 bits per heavy atom. The van der Waals surface area contributed by atoms with Crippen LogP contribution in [0.4, 0.5) is 5.69 Å². The molecule has 3 N–H and O–H groups in total. The Morgan fingerprint density at radius 3 is 2.50 bits per heavy atom. The number of anilines is 1. The second-order valence-electron chi connectivity index (χ2n) is 4.20. The van der Waals surface area contributed by atoms with E-state index in [1.54, 1.807) is 6.07 Å². The number of hydrogen-bond acceptors (Lipinski definition) is 2. The van der Waals surface area contributed by atoms with Gasteiger partial charge in [-0.15, -0.1) is 0 Å². The fraction of sp³-hybridized carbons (Fsp3) is 0.143. The van der Waals surface area contributed by atoms with E-state index in [0.29, 0.717) is 21.6 Å². The van der Waals surface area contributed by atoms with Gasteiger partial charge in [-0.2, -0.15) is 0 Å². The van der Waals surface area contributed by atoms with E-state index in [0.717, 1.165) is 15.7 Å². The Labute approximate surface area is 141 Å². The second kappa shape index (κ2) is 7.01. The van der Waals surface area contributed by atoms with Crippen molar-refractivity contribution >= 4 is 56.4 Å². The molecule has 2 nitrogen and oxygen atoms in total. The molecule has 0 aliphatic rings. The Bertz CT molecular complexity index is 619.